The van der Waals surface area contributed by atoms with Gasteiger partial charge in [0.15, 0.2) is 11.5 Å². The third kappa shape index (κ3) is 4.46. The second-order valence-electron chi connectivity index (χ2n) is 6.48. The fourth-order valence-electron chi connectivity index (χ4n) is 2.93. The fourth-order valence-corrected chi connectivity index (χ4v) is 3.99. The van der Waals surface area contributed by atoms with Gasteiger partial charge in [0.2, 0.25) is 0 Å². The molecule has 0 spiro atoms. The monoisotopic (exact) mass is 432 g/mol. The molecule has 0 saturated carbocycles. The minimum atomic E-state index is 0.401. The van der Waals surface area contributed by atoms with Crippen LogP contribution >= 0.6 is 22.9 Å². The Morgan fingerprint density at radius 3 is 2.63 bits per heavy atom. The molecule has 4 rings (SSSR count). The number of thiazole rings is 1. The van der Waals surface area contributed by atoms with Crippen molar-refractivity contribution in [2.75, 3.05) is 7.11 Å². The molecule has 6 heteroatoms. The summed E-state index contributed by atoms with van der Waals surface area (Å²) in [5, 5.41) is 11.0. The van der Waals surface area contributed by atoms with E-state index in [0.29, 0.717) is 33.7 Å². The number of benzene rings is 3. The van der Waals surface area contributed by atoms with E-state index < -0.39 is 0 Å². The van der Waals surface area contributed by atoms with Crippen molar-refractivity contribution in [3.05, 3.63) is 87.9 Å². The van der Waals surface area contributed by atoms with Crippen LogP contribution in [0, 0.1) is 11.3 Å². The minimum absolute atomic E-state index is 0.401. The first-order chi connectivity index (χ1) is 14.7. The molecule has 0 fully saturated rings. The van der Waals surface area contributed by atoms with E-state index in [1.807, 2.05) is 72.8 Å². The zero-order chi connectivity index (χ0) is 20.9. The van der Waals surface area contributed by atoms with Crippen molar-refractivity contribution in [2.45, 2.75) is 6.61 Å². The maximum atomic E-state index is 9.66. The molecule has 0 aliphatic rings. The number of para-hydroxylation sites is 1. The van der Waals surface area contributed by atoms with Crippen molar-refractivity contribution in [3.8, 4) is 17.6 Å². The van der Waals surface area contributed by atoms with Crippen molar-refractivity contribution in [1.82, 2.24) is 4.98 Å². The lowest BCUT2D eigenvalue weighted by molar-refractivity contribution is 0.284. The molecule has 0 bridgehead atoms. The predicted octanol–water partition coefficient (Wildman–Crippen LogP) is 6.60. The molecule has 0 radical (unpaired) electrons. The Bertz CT molecular complexity index is 1220. The summed E-state index contributed by atoms with van der Waals surface area (Å²) in [6.45, 7) is 0.401. The summed E-state index contributed by atoms with van der Waals surface area (Å²) in [6, 6.07) is 23.2. The summed E-state index contributed by atoms with van der Waals surface area (Å²) in [5.41, 5.74) is 3.24. The predicted molar refractivity (Wildman–Crippen MR) is 122 cm³/mol. The van der Waals surface area contributed by atoms with E-state index in [0.717, 1.165) is 21.3 Å². The van der Waals surface area contributed by atoms with Gasteiger partial charge in [0.05, 0.1) is 22.9 Å². The number of nitrogens with zero attached hydrogens (tertiary/aromatic N) is 2. The van der Waals surface area contributed by atoms with E-state index in [4.69, 9.17) is 21.1 Å². The largest absolute Gasteiger partial charge is 0.493 e. The number of ether oxygens (including phenoxy) is 2. The molecular weight excluding hydrogens is 416 g/mol. The number of rotatable bonds is 6. The first-order valence-corrected chi connectivity index (χ1v) is 10.4. The average molecular weight is 433 g/mol. The Kier molecular flexibility index (Phi) is 5.99. The molecule has 0 atom stereocenters. The molecule has 0 unspecified atom stereocenters. The van der Waals surface area contributed by atoms with Crippen molar-refractivity contribution in [3.63, 3.8) is 0 Å². The van der Waals surface area contributed by atoms with Crippen LogP contribution in [0.2, 0.25) is 5.02 Å². The molecule has 4 nitrogen and oxygen atoms in total. The van der Waals surface area contributed by atoms with Gasteiger partial charge in [-0.2, -0.15) is 5.26 Å². The molecule has 1 heterocycles. The molecule has 4 aromatic rings. The van der Waals surface area contributed by atoms with Crippen LogP contribution < -0.4 is 9.47 Å². The van der Waals surface area contributed by atoms with Gasteiger partial charge in [-0.05, 0) is 53.6 Å². The number of fused-ring (bicyclic) bond motifs is 1. The molecule has 0 aliphatic heterocycles. The lowest BCUT2D eigenvalue weighted by Gasteiger charge is -2.11. The Hall–Kier alpha value is -3.33. The number of methoxy groups -OCH3 is 1. The fraction of sp³-hybridized carbons (Fsp3) is 0.0833. The van der Waals surface area contributed by atoms with Crippen LogP contribution in [0.5, 0.6) is 11.5 Å². The lowest BCUT2D eigenvalue weighted by atomic mass is 10.1. The number of hydrogen-bond acceptors (Lipinski definition) is 5. The topological polar surface area (TPSA) is 55.1 Å². The van der Waals surface area contributed by atoms with Crippen molar-refractivity contribution in [2.24, 2.45) is 0 Å². The second-order valence-corrected chi connectivity index (χ2v) is 7.95. The number of hydrogen-bond donors (Lipinski definition) is 0. The third-order valence-electron chi connectivity index (χ3n) is 4.45. The van der Waals surface area contributed by atoms with Gasteiger partial charge in [0, 0.05) is 5.02 Å². The van der Waals surface area contributed by atoms with E-state index in [9.17, 15) is 5.26 Å². The molecule has 3 aromatic carbocycles. The van der Waals surface area contributed by atoms with Gasteiger partial charge in [-0.3, -0.25) is 0 Å². The van der Waals surface area contributed by atoms with Gasteiger partial charge in [0.1, 0.15) is 17.7 Å². The maximum absolute atomic E-state index is 9.66. The molecule has 0 N–H and O–H groups in total. The number of allylic oxidation sites excluding steroid dienone is 1. The summed E-state index contributed by atoms with van der Waals surface area (Å²) < 4.78 is 12.4. The zero-order valence-corrected chi connectivity index (χ0v) is 17.7. The quantitative estimate of drug-likeness (QED) is 0.322. The van der Waals surface area contributed by atoms with Crippen LogP contribution in [0.1, 0.15) is 16.1 Å². The highest BCUT2D eigenvalue weighted by Gasteiger charge is 2.10. The Morgan fingerprint density at radius 1 is 1.10 bits per heavy atom. The normalized spacial score (nSPS) is 11.3. The molecule has 0 amide bonds. The van der Waals surface area contributed by atoms with Gasteiger partial charge in [-0.25, -0.2) is 4.98 Å². The van der Waals surface area contributed by atoms with Crippen molar-refractivity contribution >= 4 is 44.8 Å². The highest BCUT2D eigenvalue weighted by molar-refractivity contribution is 7.19. The molecule has 30 heavy (non-hydrogen) atoms. The first kappa shape index (κ1) is 20.0. The smallest absolute Gasteiger partial charge is 0.161 e. The van der Waals surface area contributed by atoms with Crippen LogP contribution in [0.3, 0.4) is 0 Å². The molecule has 148 valence electrons. The summed E-state index contributed by atoms with van der Waals surface area (Å²) in [6.07, 6.45) is 1.81. The van der Waals surface area contributed by atoms with Crippen molar-refractivity contribution in [1.29, 1.82) is 5.26 Å². The van der Waals surface area contributed by atoms with E-state index in [-0.39, 0.29) is 0 Å². The summed E-state index contributed by atoms with van der Waals surface area (Å²) in [5.74, 6) is 1.22. The lowest BCUT2D eigenvalue weighted by Crippen LogP contribution is -1.98. The standard InChI is InChI=1S/C24H17ClN2O2S/c1-28-22-13-17(8-11-21(22)29-15-16-6-9-19(25)10-7-16)12-18(14-26)24-27-20-4-2-3-5-23(20)30-24/h2-13H,15H2,1H3. The van der Waals surface area contributed by atoms with Crippen LogP contribution in [-0.4, -0.2) is 12.1 Å². The molecular formula is C24H17ClN2O2S. The van der Waals surface area contributed by atoms with Gasteiger partial charge in [0.25, 0.3) is 0 Å². The average Bonchev–Trinajstić information content (AvgIpc) is 3.21. The van der Waals surface area contributed by atoms with E-state index >= 15 is 0 Å². The van der Waals surface area contributed by atoms with Gasteiger partial charge < -0.3 is 9.47 Å². The van der Waals surface area contributed by atoms with E-state index in [1.165, 1.54) is 11.3 Å². The van der Waals surface area contributed by atoms with Gasteiger partial charge in [-0.1, -0.05) is 41.9 Å². The highest BCUT2D eigenvalue weighted by atomic mass is 35.5. The van der Waals surface area contributed by atoms with Gasteiger partial charge in [-0.15, -0.1) is 11.3 Å². The zero-order valence-electron chi connectivity index (χ0n) is 16.1. The third-order valence-corrected chi connectivity index (χ3v) is 5.77. The Morgan fingerprint density at radius 2 is 1.90 bits per heavy atom. The summed E-state index contributed by atoms with van der Waals surface area (Å²) in [4.78, 5) is 4.57. The maximum Gasteiger partial charge on any atom is 0.161 e. The van der Waals surface area contributed by atoms with E-state index in [1.54, 1.807) is 7.11 Å². The summed E-state index contributed by atoms with van der Waals surface area (Å²) in [7, 11) is 1.59. The molecule has 0 saturated heterocycles. The number of aromatic nitrogens is 1. The SMILES string of the molecule is COc1cc(C=C(C#N)c2nc3ccccc3s2)ccc1OCc1ccc(Cl)cc1. The molecule has 0 aliphatic carbocycles. The first-order valence-electron chi connectivity index (χ1n) is 9.19. The van der Waals surface area contributed by atoms with Crippen LogP contribution in [0.4, 0.5) is 0 Å². The van der Waals surface area contributed by atoms with Gasteiger partial charge >= 0.3 is 0 Å². The van der Waals surface area contributed by atoms with Crippen molar-refractivity contribution < 1.29 is 9.47 Å². The number of nitriles is 1. The van der Waals surface area contributed by atoms with E-state index in [2.05, 4.69) is 11.1 Å². The molecule has 1 aromatic heterocycles. The number of halogens is 1. The minimum Gasteiger partial charge on any atom is -0.493 e. The van der Waals surface area contributed by atoms with Crippen LogP contribution in [0.15, 0.2) is 66.7 Å². The Labute approximate surface area is 183 Å². The van der Waals surface area contributed by atoms with Crippen LogP contribution in [-0.2, 0) is 6.61 Å². The Balaban J connectivity index is 1.57. The van der Waals surface area contributed by atoms with Crippen LogP contribution in [0.25, 0.3) is 21.9 Å². The highest BCUT2D eigenvalue weighted by Crippen LogP contribution is 2.32. The summed E-state index contributed by atoms with van der Waals surface area (Å²) >= 11 is 7.42. The second kappa shape index (κ2) is 9.00.